The molecule has 2 nitrogen and oxygen atoms in total. The third-order valence-electron chi connectivity index (χ3n) is 1.38. The Morgan fingerprint density at radius 3 is 2.50 bits per heavy atom. The molecule has 1 atom stereocenters. The van der Waals surface area contributed by atoms with Crippen LogP contribution in [0, 0.1) is 0 Å². The van der Waals surface area contributed by atoms with Crippen LogP contribution in [0.1, 0.15) is 0 Å². The van der Waals surface area contributed by atoms with Gasteiger partial charge >= 0.3 is 6.72 Å². The molecule has 0 bridgehead atoms. The molecule has 0 heterocycles. The minimum atomic E-state index is -3.22. The summed E-state index contributed by atoms with van der Waals surface area (Å²) in [6.07, 6.45) is 0. The van der Waals surface area contributed by atoms with Crippen molar-refractivity contribution in [3.05, 3.63) is 29.3 Å². The molecule has 0 aromatic heterocycles. The average molecular weight is 225 g/mol. The van der Waals surface area contributed by atoms with E-state index in [1.54, 1.807) is 24.3 Å². The monoisotopic (exact) mass is 224 g/mol. The molecule has 0 radical (unpaired) electrons. The average Bonchev–Trinajstić information content (AvgIpc) is 2.05. The summed E-state index contributed by atoms with van der Waals surface area (Å²) in [6, 6.07) is 6.64. The van der Waals surface area contributed by atoms with Gasteiger partial charge in [-0.2, -0.15) is 0 Å². The SMILES string of the molecule is COP(=O)(Cl)c1ccccc1Cl. The highest BCUT2D eigenvalue weighted by Crippen LogP contribution is 2.51. The van der Waals surface area contributed by atoms with E-state index in [0.29, 0.717) is 10.3 Å². The second-order valence-corrected chi connectivity index (χ2v) is 5.66. The summed E-state index contributed by atoms with van der Waals surface area (Å²) in [5.74, 6) is 0. The molecule has 0 amide bonds. The zero-order valence-electron chi connectivity index (χ0n) is 6.33. The minimum absolute atomic E-state index is 0.343. The molecule has 0 saturated heterocycles. The van der Waals surface area contributed by atoms with E-state index in [2.05, 4.69) is 4.52 Å². The molecular formula is C7H7Cl2O2P. The summed E-state index contributed by atoms with van der Waals surface area (Å²) >= 11 is 11.4. The third kappa shape index (κ3) is 2.02. The number of hydrogen-bond donors (Lipinski definition) is 0. The Morgan fingerprint density at radius 1 is 1.42 bits per heavy atom. The summed E-state index contributed by atoms with van der Waals surface area (Å²) in [5.41, 5.74) is 0. The van der Waals surface area contributed by atoms with Gasteiger partial charge in [0.05, 0.1) is 10.3 Å². The normalized spacial score (nSPS) is 15.6. The molecular weight excluding hydrogens is 218 g/mol. The molecule has 5 heteroatoms. The standard InChI is InChI=1S/C7H7Cl2O2P/c1-11-12(9,10)7-5-3-2-4-6(7)8/h2-5H,1H3. The zero-order valence-corrected chi connectivity index (χ0v) is 8.74. The van der Waals surface area contributed by atoms with Gasteiger partial charge < -0.3 is 4.52 Å². The summed E-state index contributed by atoms with van der Waals surface area (Å²) in [4.78, 5) is 0. The lowest BCUT2D eigenvalue weighted by Crippen LogP contribution is -2.02. The van der Waals surface area contributed by atoms with Gasteiger partial charge in [-0.25, -0.2) is 0 Å². The van der Waals surface area contributed by atoms with Gasteiger partial charge in [0.15, 0.2) is 0 Å². The Morgan fingerprint density at radius 2 is 2.00 bits per heavy atom. The smallest absolute Gasteiger partial charge is 0.318 e. The van der Waals surface area contributed by atoms with Crippen molar-refractivity contribution in [1.82, 2.24) is 0 Å². The summed E-state index contributed by atoms with van der Waals surface area (Å²) in [6.45, 7) is -3.22. The van der Waals surface area contributed by atoms with Crippen LogP contribution in [0.4, 0.5) is 0 Å². The van der Waals surface area contributed by atoms with Crippen LogP contribution in [0.5, 0.6) is 0 Å². The molecule has 1 rings (SSSR count). The first-order valence-corrected chi connectivity index (χ1v) is 6.09. The Bertz CT molecular complexity index is 327. The summed E-state index contributed by atoms with van der Waals surface area (Å²) in [5, 5.41) is 0.702. The van der Waals surface area contributed by atoms with Crippen LogP contribution in [0.15, 0.2) is 24.3 Å². The van der Waals surface area contributed by atoms with E-state index in [0.717, 1.165) is 0 Å². The Labute approximate surface area is 80.7 Å². The van der Waals surface area contributed by atoms with Crippen molar-refractivity contribution in [2.75, 3.05) is 7.11 Å². The molecule has 0 fully saturated rings. The van der Waals surface area contributed by atoms with Crippen molar-refractivity contribution in [2.45, 2.75) is 0 Å². The van der Waals surface area contributed by atoms with Crippen LogP contribution in [0.2, 0.25) is 5.02 Å². The summed E-state index contributed by atoms with van der Waals surface area (Å²) in [7, 11) is 1.29. The molecule has 0 aliphatic rings. The molecule has 0 spiro atoms. The van der Waals surface area contributed by atoms with E-state index < -0.39 is 6.72 Å². The fourth-order valence-electron chi connectivity index (χ4n) is 0.767. The molecule has 12 heavy (non-hydrogen) atoms. The van der Waals surface area contributed by atoms with Crippen LogP contribution in [-0.4, -0.2) is 7.11 Å². The van der Waals surface area contributed by atoms with Gasteiger partial charge in [0.1, 0.15) is 0 Å². The van der Waals surface area contributed by atoms with Crippen molar-refractivity contribution in [2.24, 2.45) is 0 Å². The first-order valence-electron chi connectivity index (χ1n) is 3.18. The molecule has 1 aromatic carbocycles. The first kappa shape index (κ1) is 10.1. The van der Waals surface area contributed by atoms with Gasteiger partial charge in [-0.05, 0) is 23.4 Å². The number of hydrogen-bond acceptors (Lipinski definition) is 2. The summed E-state index contributed by atoms with van der Waals surface area (Å²) < 4.78 is 16.1. The van der Waals surface area contributed by atoms with Gasteiger partial charge in [-0.15, -0.1) is 0 Å². The number of rotatable bonds is 2. The fraction of sp³-hybridized carbons (Fsp3) is 0.143. The van der Waals surface area contributed by atoms with Crippen molar-refractivity contribution < 1.29 is 9.09 Å². The first-order chi connectivity index (χ1) is 5.58. The Balaban J connectivity index is 3.20. The van der Waals surface area contributed by atoms with E-state index in [1.807, 2.05) is 0 Å². The molecule has 1 aromatic rings. The van der Waals surface area contributed by atoms with Crippen molar-refractivity contribution in [1.29, 1.82) is 0 Å². The van der Waals surface area contributed by atoms with E-state index in [1.165, 1.54) is 7.11 Å². The van der Waals surface area contributed by atoms with Crippen molar-refractivity contribution in [3.8, 4) is 0 Å². The molecule has 66 valence electrons. The molecule has 0 aliphatic carbocycles. The van der Waals surface area contributed by atoms with Gasteiger partial charge in [-0.1, -0.05) is 23.7 Å². The van der Waals surface area contributed by atoms with Crippen LogP contribution in [-0.2, 0) is 9.09 Å². The second-order valence-electron chi connectivity index (χ2n) is 2.11. The van der Waals surface area contributed by atoms with E-state index in [9.17, 15) is 4.57 Å². The molecule has 1 unspecified atom stereocenters. The number of benzene rings is 1. The quantitative estimate of drug-likeness (QED) is 0.723. The molecule has 0 N–H and O–H groups in total. The van der Waals surface area contributed by atoms with Gasteiger partial charge in [-0.3, -0.25) is 4.57 Å². The maximum Gasteiger partial charge on any atom is 0.321 e. The van der Waals surface area contributed by atoms with Gasteiger partial charge in [0, 0.05) is 7.11 Å². The van der Waals surface area contributed by atoms with Crippen LogP contribution >= 0.6 is 29.6 Å². The highest BCUT2D eigenvalue weighted by Gasteiger charge is 2.23. The third-order valence-corrected chi connectivity index (χ3v) is 4.23. The molecule has 0 aliphatic heterocycles. The minimum Gasteiger partial charge on any atom is -0.318 e. The van der Waals surface area contributed by atoms with Crippen LogP contribution < -0.4 is 5.30 Å². The van der Waals surface area contributed by atoms with Crippen molar-refractivity contribution in [3.63, 3.8) is 0 Å². The molecule has 0 saturated carbocycles. The highest BCUT2D eigenvalue weighted by atomic mass is 35.7. The highest BCUT2D eigenvalue weighted by molar-refractivity contribution is 7.91. The fourth-order valence-corrected chi connectivity index (χ4v) is 2.60. The largest absolute Gasteiger partial charge is 0.321 e. The van der Waals surface area contributed by atoms with Gasteiger partial charge in [0.2, 0.25) is 0 Å². The Kier molecular flexibility index (Phi) is 3.19. The lowest BCUT2D eigenvalue weighted by molar-refractivity contribution is 0.417. The predicted molar refractivity (Wildman–Crippen MR) is 51.6 cm³/mol. The zero-order chi connectivity index (χ0) is 9.19. The van der Waals surface area contributed by atoms with E-state index in [4.69, 9.17) is 22.8 Å². The van der Waals surface area contributed by atoms with Crippen LogP contribution in [0.25, 0.3) is 0 Å². The predicted octanol–water partition coefficient (Wildman–Crippen LogP) is 3.04. The lowest BCUT2D eigenvalue weighted by Gasteiger charge is -2.08. The second kappa shape index (κ2) is 3.80. The number of halogens is 2. The van der Waals surface area contributed by atoms with E-state index >= 15 is 0 Å². The van der Waals surface area contributed by atoms with Crippen molar-refractivity contribution >= 4 is 34.9 Å². The van der Waals surface area contributed by atoms with E-state index in [-0.39, 0.29) is 0 Å². The topological polar surface area (TPSA) is 26.3 Å². The Hall–Kier alpha value is -0.0100. The lowest BCUT2D eigenvalue weighted by atomic mass is 10.4. The van der Waals surface area contributed by atoms with Crippen LogP contribution in [0.3, 0.4) is 0 Å². The maximum atomic E-state index is 11.5. The van der Waals surface area contributed by atoms with Gasteiger partial charge in [0.25, 0.3) is 0 Å². The maximum absolute atomic E-state index is 11.5.